The molecular weight excluding hydrogens is 384 g/mol. The third-order valence-electron chi connectivity index (χ3n) is 10.2. The molecule has 3 unspecified atom stereocenters. The highest BCUT2D eigenvalue weighted by molar-refractivity contribution is 5.92. The number of ether oxygens (including phenoxy) is 3. The maximum absolute atomic E-state index is 13.0. The molecule has 5 fully saturated rings. The van der Waals surface area contributed by atoms with E-state index in [1.165, 1.54) is 7.11 Å². The molecule has 0 aromatic carbocycles. The third-order valence-corrected chi connectivity index (χ3v) is 10.2. The molecule has 0 aromatic rings. The Morgan fingerprint density at radius 1 is 1.17 bits per heavy atom. The van der Waals surface area contributed by atoms with Gasteiger partial charge in [-0.15, -0.1) is 0 Å². The van der Waals surface area contributed by atoms with Gasteiger partial charge < -0.3 is 14.2 Å². The first-order valence-electron chi connectivity index (χ1n) is 11.4. The van der Waals surface area contributed by atoms with E-state index in [0.717, 1.165) is 37.7 Å². The van der Waals surface area contributed by atoms with Gasteiger partial charge in [0, 0.05) is 29.6 Å². The molecule has 8 atom stereocenters. The summed E-state index contributed by atoms with van der Waals surface area (Å²) in [5.41, 5.74) is -0.175. The number of fused-ring (bicyclic) bond motifs is 4. The van der Waals surface area contributed by atoms with Gasteiger partial charge in [-0.1, -0.05) is 19.4 Å². The quantitative estimate of drug-likeness (QED) is 0.484. The number of ketones is 1. The number of methoxy groups -OCH3 is 1. The van der Waals surface area contributed by atoms with E-state index in [-0.39, 0.29) is 52.4 Å². The van der Waals surface area contributed by atoms with Crippen LogP contribution in [-0.4, -0.2) is 42.1 Å². The summed E-state index contributed by atoms with van der Waals surface area (Å²) in [5.74, 6) is -0.201. The van der Waals surface area contributed by atoms with Gasteiger partial charge in [0.05, 0.1) is 19.1 Å². The monoisotopic (exact) mass is 414 g/mol. The Hall–Kier alpha value is -1.69. The van der Waals surface area contributed by atoms with E-state index in [1.807, 2.05) is 0 Å². The van der Waals surface area contributed by atoms with Crippen LogP contribution in [0.15, 0.2) is 11.6 Å². The second kappa shape index (κ2) is 5.56. The lowest BCUT2D eigenvalue weighted by Gasteiger charge is -2.58. The Labute approximate surface area is 176 Å². The molecule has 6 nitrogen and oxygen atoms in total. The molecule has 4 aliphatic carbocycles. The molecule has 0 radical (unpaired) electrons. The van der Waals surface area contributed by atoms with Crippen LogP contribution < -0.4 is 0 Å². The van der Waals surface area contributed by atoms with E-state index in [4.69, 9.17) is 14.2 Å². The average Bonchev–Trinajstić information content (AvgIpc) is 3.20. The van der Waals surface area contributed by atoms with Crippen LogP contribution in [0.25, 0.3) is 0 Å². The first-order valence-corrected chi connectivity index (χ1v) is 11.4. The van der Waals surface area contributed by atoms with Crippen molar-refractivity contribution in [1.29, 1.82) is 0 Å². The van der Waals surface area contributed by atoms with Gasteiger partial charge in [-0.25, -0.2) is 0 Å². The van der Waals surface area contributed by atoms with Crippen molar-refractivity contribution >= 4 is 17.7 Å². The molecule has 6 aliphatic rings. The fraction of sp³-hybridized carbons (Fsp3) is 0.792. The van der Waals surface area contributed by atoms with Crippen molar-refractivity contribution in [1.82, 2.24) is 0 Å². The van der Waals surface area contributed by atoms with Crippen LogP contribution in [0.4, 0.5) is 0 Å². The largest absolute Gasteiger partial charge is 0.469 e. The SMILES string of the molecule is COC(=O)C1CC2=CC(=O)CC[C@]2(C)[C@@]23OC2C[C@@]2(C)[C@@H](CC[C@@]24CCC(=O)O4)C13. The van der Waals surface area contributed by atoms with Crippen molar-refractivity contribution in [2.75, 3.05) is 7.11 Å². The Kier molecular flexibility index (Phi) is 3.53. The number of esters is 2. The lowest BCUT2D eigenvalue weighted by molar-refractivity contribution is -0.172. The molecule has 3 saturated carbocycles. The van der Waals surface area contributed by atoms with Crippen LogP contribution >= 0.6 is 0 Å². The van der Waals surface area contributed by atoms with Crippen LogP contribution in [-0.2, 0) is 28.6 Å². The summed E-state index contributed by atoms with van der Waals surface area (Å²) in [4.78, 5) is 37.4. The normalized spacial score (nSPS) is 53.2. The Bertz CT molecular complexity index is 907. The molecule has 0 N–H and O–H groups in total. The summed E-state index contributed by atoms with van der Waals surface area (Å²) < 4.78 is 17.9. The lowest BCUT2D eigenvalue weighted by Crippen LogP contribution is -2.63. The standard InChI is InChI=1S/C24H30O6/c1-21-7-4-14(25)10-13(21)11-15(20(27)28-3)19-16-5-8-23(9-6-18(26)30-23)22(16,2)12-17-24(19,21)29-17/h10,15-17,19H,4-9,11-12H2,1-3H3/t15?,16-,17?,19?,21-,22-,23+,24+/m0/s1. The van der Waals surface area contributed by atoms with Crippen molar-refractivity contribution in [2.24, 2.45) is 28.6 Å². The first-order chi connectivity index (χ1) is 14.2. The second-order valence-electron chi connectivity index (χ2n) is 11.0. The Morgan fingerprint density at radius 2 is 1.97 bits per heavy atom. The van der Waals surface area contributed by atoms with Crippen molar-refractivity contribution in [3.63, 3.8) is 0 Å². The van der Waals surface area contributed by atoms with Gasteiger partial charge in [0.1, 0.15) is 11.2 Å². The van der Waals surface area contributed by atoms with Crippen molar-refractivity contribution < 1.29 is 28.6 Å². The average molecular weight is 414 g/mol. The number of rotatable bonds is 1. The summed E-state index contributed by atoms with van der Waals surface area (Å²) in [6.45, 7) is 4.51. The van der Waals surface area contributed by atoms with Crippen LogP contribution in [0.1, 0.15) is 65.2 Å². The molecular formula is C24H30O6. The molecule has 0 bridgehead atoms. The van der Waals surface area contributed by atoms with Gasteiger partial charge >= 0.3 is 11.9 Å². The minimum atomic E-state index is -0.424. The van der Waals surface area contributed by atoms with Crippen molar-refractivity contribution in [3.8, 4) is 0 Å². The topological polar surface area (TPSA) is 82.2 Å². The molecule has 0 aromatic heterocycles. The van der Waals surface area contributed by atoms with Gasteiger partial charge in [0.25, 0.3) is 0 Å². The first kappa shape index (κ1) is 19.0. The zero-order chi connectivity index (χ0) is 21.1. The van der Waals surface area contributed by atoms with Crippen LogP contribution in [0.2, 0.25) is 0 Å². The molecule has 2 heterocycles. The van der Waals surface area contributed by atoms with E-state index in [0.29, 0.717) is 19.3 Å². The summed E-state index contributed by atoms with van der Waals surface area (Å²) in [6, 6.07) is 0. The number of hydrogen-bond acceptors (Lipinski definition) is 6. The van der Waals surface area contributed by atoms with E-state index >= 15 is 0 Å². The van der Waals surface area contributed by atoms with Crippen LogP contribution in [0.3, 0.4) is 0 Å². The minimum Gasteiger partial charge on any atom is -0.469 e. The number of epoxide rings is 1. The predicted molar refractivity (Wildman–Crippen MR) is 105 cm³/mol. The fourth-order valence-electron chi connectivity index (χ4n) is 8.69. The summed E-state index contributed by atoms with van der Waals surface area (Å²) in [6.07, 6.45) is 7.61. The number of carbonyl (C=O) groups excluding carboxylic acids is 3. The van der Waals surface area contributed by atoms with Gasteiger partial charge in [0.2, 0.25) is 0 Å². The molecule has 2 spiro atoms. The van der Waals surface area contributed by atoms with Gasteiger partial charge in [-0.05, 0) is 50.5 Å². The maximum atomic E-state index is 13.0. The summed E-state index contributed by atoms with van der Waals surface area (Å²) in [5, 5.41) is 0. The van der Waals surface area contributed by atoms with E-state index in [9.17, 15) is 14.4 Å². The Morgan fingerprint density at radius 3 is 2.67 bits per heavy atom. The van der Waals surface area contributed by atoms with Gasteiger partial charge in [0.15, 0.2) is 5.78 Å². The molecule has 6 heteroatoms. The highest BCUT2D eigenvalue weighted by Crippen LogP contribution is 2.78. The highest BCUT2D eigenvalue weighted by atomic mass is 16.6. The Balaban J connectivity index is 1.49. The van der Waals surface area contributed by atoms with Crippen molar-refractivity contribution in [3.05, 3.63) is 11.6 Å². The number of carbonyl (C=O) groups is 3. The van der Waals surface area contributed by atoms with Crippen LogP contribution in [0, 0.1) is 28.6 Å². The minimum absolute atomic E-state index is 0.0303. The van der Waals surface area contributed by atoms with E-state index in [1.54, 1.807) is 6.08 Å². The molecule has 2 saturated heterocycles. The second-order valence-corrected chi connectivity index (χ2v) is 11.0. The van der Waals surface area contributed by atoms with E-state index < -0.39 is 11.2 Å². The van der Waals surface area contributed by atoms with Gasteiger partial charge in [-0.3, -0.25) is 14.4 Å². The zero-order valence-corrected chi connectivity index (χ0v) is 18.0. The molecule has 0 amide bonds. The molecule has 6 rings (SSSR count). The maximum Gasteiger partial charge on any atom is 0.309 e. The predicted octanol–water partition coefficient (Wildman–Crippen LogP) is 3.12. The highest BCUT2D eigenvalue weighted by Gasteiger charge is 2.83. The molecule has 30 heavy (non-hydrogen) atoms. The fourth-order valence-corrected chi connectivity index (χ4v) is 8.69. The molecule has 162 valence electrons. The summed E-state index contributed by atoms with van der Waals surface area (Å²) >= 11 is 0. The van der Waals surface area contributed by atoms with E-state index in [2.05, 4.69) is 13.8 Å². The number of hydrogen-bond donors (Lipinski definition) is 0. The lowest BCUT2D eigenvalue weighted by atomic mass is 9.43. The zero-order valence-electron chi connectivity index (χ0n) is 18.0. The molecule has 2 aliphatic heterocycles. The summed E-state index contributed by atoms with van der Waals surface area (Å²) in [7, 11) is 1.45. The van der Waals surface area contributed by atoms with Gasteiger partial charge in [-0.2, -0.15) is 0 Å². The van der Waals surface area contributed by atoms with Crippen LogP contribution in [0.5, 0.6) is 0 Å². The smallest absolute Gasteiger partial charge is 0.309 e. The van der Waals surface area contributed by atoms with Crippen molar-refractivity contribution in [2.45, 2.75) is 82.5 Å². The third kappa shape index (κ3) is 1.94.